The van der Waals surface area contributed by atoms with E-state index in [1.807, 2.05) is 36.6 Å². The van der Waals surface area contributed by atoms with Gasteiger partial charge < -0.3 is 4.74 Å². The third-order valence-electron chi connectivity index (χ3n) is 4.58. The highest BCUT2D eigenvalue weighted by molar-refractivity contribution is 7.17. The molecule has 0 N–H and O–H groups in total. The van der Waals surface area contributed by atoms with Crippen molar-refractivity contribution in [3.63, 3.8) is 0 Å². The van der Waals surface area contributed by atoms with Gasteiger partial charge in [0.15, 0.2) is 5.78 Å². The molecule has 0 saturated carbocycles. The molecule has 2 heterocycles. The van der Waals surface area contributed by atoms with Gasteiger partial charge in [-0.25, -0.2) is 4.98 Å². The van der Waals surface area contributed by atoms with E-state index < -0.39 is 0 Å². The van der Waals surface area contributed by atoms with Crippen LogP contribution in [0.3, 0.4) is 0 Å². The summed E-state index contributed by atoms with van der Waals surface area (Å²) >= 11 is 13.4. The van der Waals surface area contributed by atoms with Crippen LogP contribution in [0, 0.1) is 0 Å². The van der Waals surface area contributed by atoms with Crippen molar-refractivity contribution < 1.29 is 9.53 Å². The highest BCUT2D eigenvalue weighted by atomic mass is 35.5. The van der Waals surface area contributed by atoms with E-state index in [1.54, 1.807) is 12.1 Å². The number of ketones is 1. The Morgan fingerprint density at radius 1 is 1.17 bits per heavy atom. The maximum atomic E-state index is 13.2. The predicted molar refractivity (Wildman–Crippen MR) is 121 cm³/mol. The van der Waals surface area contributed by atoms with Crippen LogP contribution in [-0.2, 0) is 6.54 Å². The molecule has 0 aliphatic rings. The molecule has 0 aliphatic carbocycles. The van der Waals surface area contributed by atoms with Crippen LogP contribution in [0.5, 0.6) is 5.75 Å². The molecule has 0 atom stereocenters. The smallest absolute Gasteiger partial charge is 0.263 e. The highest BCUT2D eigenvalue weighted by Gasteiger charge is 2.17. The standard InChI is InChI=1S/C22H16Cl2N2O3S/c1-2-29-15-6-3-13(4-7-15)17-11-30-21-20(17)22(28)26(12-25-21)10-19(27)16-8-5-14(23)9-18(16)24/h3-9,11-12H,2,10H2,1H3. The summed E-state index contributed by atoms with van der Waals surface area (Å²) in [5, 5.41) is 3.08. The summed E-state index contributed by atoms with van der Waals surface area (Å²) in [4.78, 5) is 30.8. The molecule has 0 amide bonds. The van der Waals surface area contributed by atoms with Crippen molar-refractivity contribution in [1.82, 2.24) is 9.55 Å². The van der Waals surface area contributed by atoms with Crippen LogP contribution in [0.15, 0.2) is 59.0 Å². The number of halogens is 2. The lowest BCUT2D eigenvalue weighted by Crippen LogP contribution is -2.24. The minimum atomic E-state index is -0.294. The number of aromatic nitrogens is 2. The summed E-state index contributed by atoms with van der Waals surface area (Å²) in [6.07, 6.45) is 1.39. The van der Waals surface area contributed by atoms with Crippen LogP contribution in [0.4, 0.5) is 0 Å². The van der Waals surface area contributed by atoms with Gasteiger partial charge in [0.05, 0.1) is 29.9 Å². The Balaban J connectivity index is 1.71. The number of thiophene rings is 1. The predicted octanol–water partition coefficient (Wildman–Crippen LogP) is 5.71. The highest BCUT2D eigenvalue weighted by Crippen LogP contribution is 2.31. The molecule has 2 aromatic carbocycles. The number of ether oxygens (including phenoxy) is 1. The molecule has 0 radical (unpaired) electrons. The summed E-state index contributed by atoms with van der Waals surface area (Å²) in [5.41, 5.74) is 1.70. The molecule has 0 spiro atoms. The second-order valence-electron chi connectivity index (χ2n) is 6.51. The molecule has 0 unspecified atom stereocenters. The zero-order valence-corrected chi connectivity index (χ0v) is 18.2. The average Bonchev–Trinajstić information content (AvgIpc) is 3.16. The van der Waals surface area contributed by atoms with Crippen LogP contribution >= 0.6 is 34.5 Å². The van der Waals surface area contributed by atoms with E-state index in [1.165, 1.54) is 28.3 Å². The Labute approximate surface area is 186 Å². The molecule has 30 heavy (non-hydrogen) atoms. The van der Waals surface area contributed by atoms with E-state index in [0.717, 1.165) is 16.9 Å². The van der Waals surface area contributed by atoms with E-state index >= 15 is 0 Å². The maximum Gasteiger partial charge on any atom is 0.263 e. The van der Waals surface area contributed by atoms with E-state index in [0.29, 0.717) is 27.4 Å². The number of carbonyl (C=O) groups excluding carboxylic acids is 1. The minimum absolute atomic E-state index is 0.165. The number of fused-ring (bicyclic) bond motifs is 1. The Bertz CT molecular complexity index is 1300. The normalized spacial score (nSPS) is 11.0. The summed E-state index contributed by atoms with van der Waals surface area (Å²) in [5.74, 6) is 0.472. The molecular weight excluding hydrogens is 443 g/mol. The molecule has 152 valence electrons. The molecule has 0 bridgehead atoms. The van der Waals surface area contributed by atoms with Gasteiger partial charge in [-0.15, -0.1) is 11.3 Å². The van der Waals surface area contributed by atoms with Crippen molar-refractivity contribution in [2.75, 3.05) is 6.61 Å². The lowest BCUT2D eigenvalue weighted by molar-refractivity contribution is 0.0971. The van der Waals surface area contributed by atoms with Gasteiger partial charge in [-0.2, -0.15) is 0 Å². The Morgan fingerprint density at radius 2 is 1.93 bits per heavy atom. The van der Waals surface area contributed by atoms with Crippen LogP contribution in [0.1, 0.15) is 17.3 Å². The fourth-order valence-electron chi connectivity index (χ4n) is 3.15. The second kappa shape index (κ2) is 8.60. The monoisotopic (exact) mass is 458 g/mol. The third-order valence-corrected chi connectivity index (χ3v) is 6.02. The fraction of sp³-hybridized carbons (Fsp3) is 0.136. The molecule has 5 nitrogen and oxygen atoms in total. The molecular formula is C22H16Cl2N2O3S. The van der Waals surface area contributed by atoms with E-state index in [4.69, 9.17) is 27.9 Å². The van der Waals surface area contributed by atoms with Gasteiger partial charge in [-0.05, 0) is 42.8 Å². The first kappa shape index (κ1) is 20.6. The zero-order chi connectivity index (χ0) is 21.3. The summed E-state index contributed by atoms with van der Waals surface area (Å²) in [7, 11) is 0. The minimum Gasteiger partial charge on any atom is -0.494 e. The number of hydrogen-bond donors (Lipinski definition) is 0. The third kappa shape index (κ3) is 3.99. The van der Waals surface area contributed by atoms with Crippen LogP contribution in [-0.4, -0.2) is 21.9 Å². The van der Waals surface area contributed by atoms with Crippen LogP contribution in [0.25, 0.3) is 21.3 Å². The van der Waals surface area contributed by atoms with Gasteiger partial charge >= 0.3 is 0 Å². The molecule has 0 fully saturated rings. The number of rotatable bonds is 6. The van der Waals surface area contributed by atoms with Crippen molar-refractivity contribution in [3.05, 3.63) is 80.1 Å². The number of Topliss-reactive ketones (excluding diaryl/α,β-unsaturated/α-hetero) is 1. The van der Waals surface area contributed by atoms with Crippen molar-refractivity contribution >= 4 is 50.5 Å². The van der Waals surface area contributed by atoms with Gasteiger partial charge in [0.2, 0.25) is 0 Å². The van der Waals surface area contributed by atoms with Gasteiger partial charge in [0.1, 0.15) is 10.6 Å². The Kier molecular flexibility index (Phi) is 5.90. The zero-order valence-electron chi connectivity index (χ0n) is 15.9. The van der Waals surface area contributed by atoms with Gasteiger partial charge in [-0.3, -0.25) is 14.2 Å². The van der Waals surface area contributed by atoms with Crippen molar-refractivity contribution in [2.24, 2.45) is 0 Å². The lowest BCUT2D eigenvalue weighted by Gasteiger charge is -2.08. The molecule has 4 rings (SSSR count). The van der Waals surface area contributed by atoms with Gasteiger partial charge in [-0.1, -0.05) is 35.3 Å². The van der Waals surface area contributed by atoms with Crippen molar-refractivity contribution in [1.29, 1.82) is 0 Å². The first-order chi connectivity index (χ1) is 14.5. The summed E-state index contributed by atoms with van der Waals surface area (Å²) < 4.78 is 6.79. The Morgan fingerprint density at radius 3 is 2.63 bits per heavy atom. The van der Waals surface area contributed by atoms with Crippen LogP contribution < -0.4 is 10.3 Å². The SMILES string of the molecule is CCOc1ccc(-c2csc3ncn(CC(=O)c4ccc(Cl)cc4Cl)c(=O)c23)cc1. The maximum absolute atomic E-state index is 13.2. The Hall–Kier alpha value is -2.67. The quantitative estimate of drug-likeness (QED) is 0.347. The second-order valence-corrected chi connectivity index (χ2v) is 8.21. The molecule has 8 heteroatoms. The van der Waals surface area contributed by atoms with E-state index in [9.17, 15) is 9.59 Å². The molecule has 0 saturated heterocycles. The number of benzene rings is 2. The topological polar surface area (TPSA) is 61.2 Å². The summed E-state index contributed by atoms with van der Waals surface area (Å²) in [6, 6.07) is 12.2. The average molecular weight is 459 g/mol. The van der Waals surface area contributed by atoms with Gasteiger partial charge in [0.25, 0.3) is 5.56 Å². The van der Waals surface area contributed by atoms with Crippen molar-refractivity contribution in [2.45, 2.75) is 13.5 Å². The molecule has 4 aromatic rings. The number of nitrogens with zero attached hydrogens (tertiary/aromatic N) is 2. The first-order valence-corrected chi connectivity index (χ1v) is 10.8. The van der Waals surface area contributed by atoms with Crippen LogP contribution in [0.2, 0.25) is 10.0 Å². The fourth-order valence-corrected chi connectivity index (χ4v) is 4.57. The van der Waals surface area contributed by atoms with Crippen molar-refractivity contribution in [3.8, 4) is 16.9 Å². The number of hydrogen-bond acceptors (Lipinski definition) is 5. The molecule has 0 aliphatic heterocycles. The van der Waals surface area contributed by atoms with Gasteiger partial charge in [0, 0.05) is 21.5 Å². The first-order valence-electron chi connectivity index (χ1n) is 9.16. The number of carbonyl (C=O) groups is 1. The molecule has 2 aromatic heterocycles. The van der Waals surface area contributed by atoms with E-state index in [-0.39, 0.29) is 22.9 Å². The lowest BCUT2D eigenvalue weighted by atomic mass is 10.1. The summed E-state index contributed by atoms with van der Waals surface area (Å²) in [6.45, 7) is 2.34. The van der Waals surface area contributed by atoms with E-state index in [2.05, 4.69) is 4.98 Å². The largest absolute Gasteiger partial charge is 0.494 e.